The van der Waals surface area contributed by atoms with E-state index in [9.17, 15) is 0 Å². The standard InChI is InChI=1S/C19H22N2O/c1-15-14-18(22-19-6-5-10-20-16(19)2)8-7-17(15)9-13-21-11-3-4-12-21/h5-10,13-14H,3-4,11-12H2,1-2H3/b13-9+. The molecule has 0 aliphatic carbocycles. The predicted molar refractivity (Wildman–Crippen MR) is 90.1 cm³/mol. The molecule has 0 N–H and O–H groups in total. The van der Waals surface area contributed by atoms with Gasteiger partial charge in [0.2, 0.25) is 0 Å². The van der Waals surface area contributed by atoms with Crippen molar-refractivity contribution in [1.29, 1.82) is 0 Å². The Hall–Kier alpha value is -2.29. The number of likely N-dealkylation sites (tertiary alicyclic amines) is 1. The fraction of sp³-hybridized carbons (Fsp3) is 0.316. The normalized spacial score (nSPS) is 14.7. The molecule has 0 bridgehead atoms. The fourth-order valence-corrected chi connectivity index (χ4v) is 2.68. The van der Waals surface area contributed by atoms with E-state index in [2.05, 4.69) is 41.2 Å². The third-order valence-electron chi connectivity index (χ3n) is 4.03. The van der Waals surface area contributed by atoms with Crippen molar-refractivity contribution in [2.45, 2.75) is 26.7 Å². The third kappa shape index (κ3) is 3.48. The van der Waals surface area contributed by atoms with Gasteiger partial charge in [-0.3, -0.25) is 4.98 Å². The number of pyridine rings is 1. The second kappa shape index (κ2) is 6.65. The first kappa shape index (κ1) is 14.6. The number of benzene rings is 1. The molecule has 114 valence electrons. The molecule has 22 heavy (non-hydrogen) atoms. The molecule has 0 amide bonds. The van der Waals surface area contributed by atoms with E-state index < -0.39 is 0 Å². The first-order chi connectivity index (χ1) is 10.7. The van der Waals surface area contributed by atoms with Crippen LogP contribution in [0.4, 0.5) is 0 Å². The summed E-state index contributed by atoms with van der Waals surface area (Å²) in [5, 5.41) is 0. The third-order valence-corrected chi connectivity index (χ3v) is 4.03. The predicted octanol–water partition coefficient (Wildman–Crippen LogP) is 4.56. The van der Waals surface area contributed by atoms with Crippen LogP contribution in [0.3, 0.4) is 0 Å². The quantitative estimate of drug-likeness (QED) is 0.826. The van der Waals surface area contributed by atoms with Crippen LogP contribution in [-0.4, -0.2) is 23.0 Å². The van der Waals surface area contributed by atoms with E-state index >= 15 is 0 Å². The number of ether oxygens (including phenoxy) is 1. The van der Waals surface area contributed by atoms with Crippen LogP contribution in [0.25, 0.3) is 6.08 Å². The van der Waals surface area contributed by atoms with E-state index in [0.717, 1.165) is 17.2 Å². The molecule has 1 aliphatic rings. The number of nitrogens with zero attached hydrogens (tertiary/aromatic N) is 2. The first-order valence-corrected chi connectivity index (χ1v) is 7.85. The van der Waals surface area contributed by atoms with Crippen LogP contribution in [0.5, 0.6) is 11.5 Å². The Kier molecular flexibility index (Phi) is 4.42. The Balaban J connectivity index is 1.73. The van der Waals surface area contributed by atoms with Crippen LogP contribution in [0.2, 0.25) is 0 Å². The summed E-state index contributed by atoms with van der Waals surface area (Å²) >= 11 is 0. The second-order valence-electron chi connectivity index (χ2n) is 5.77. The van der Waals surface area contributed by atoms with Gasteiger partial charge in [0, 0.05) is 19.3 Å². The van der Waals surface area contributed by atoms with E-state index in [4.69, 9.17) is 4.74 Å². The van der Waals surface area contributed by atoms with E-state index in [-0.39, 0.29) is 0 Å². The minimum Gasteiger partial charge on any atom is -0.455 e. The van der Waals surface area contributed by atoms with Crippen LogP contribution in [-0.2, 0) is 0 Å². The molecule has 1 aromatic heterocycles. The van der Waals surface area contributed by atoms with Crippen molar-refractivity contribution in [2.24, 2.45) is 0 Å². The number of hydrogen-bond donors (Lipinski definition) is 0. The lowest BCUT2D eigenvalue weighted by Crippen LogP contribution is -2.10. The Morgan fingerprint density at radius 2 is 1.95 bits per heavy atom. The minimum atomic E-state index is 0.808. The van der Waals surface area contributed by atoms with Gasteiger partial charge in [0.1, 0.15) is 11.5 Å². The maximum atomic E-state index is 5.93. The summed E-state index contributed by atoms with van der Waals surface area (Å²) < 4.78 is 5.93. The summed E-state index contributed by atoms with van der Waals surface area (Å²) in [5.41, 5.74) is 3.36. The summed E-state index contributed by atoms with van der Waals surface area (Å²) in [5.74, 6) is 1.66. The van der Waals surface area contributed by atoms with Crippen LogP contribution < -0.4 is 4.74 Å². The van der Waals surface area contributed by atoms with Gasteiger partial charge in [0.05, 0.1) is 5.69 Å². The minimum absolute atomic E-state index is 0.808. The molecular formula is C19H22N2O. The number of aryl methyl sites for hydroxylation is 2. The van der Waals surface area contributed by atoms with Crippen molar-refractivity contribution < 1.29 is 4.74 Å². The molecule has 0 radical (unpaired) electrons. The maximum absolute atomic E-state index is 5.93. The molecule has 3 heteroatoms. The Morgan fingerprint density at radius 3 is 2.68 bits per heavy atom. The molecule has 0 unspecified atom stereocenters. The molecule has 2 aromatic rings. The molecule has 1 fully saturated rings. The maximum Gasteiger partial charge on any atom is 0.148 e. The highest BCUT2D eigenvalue weighted by Gasteiger charge is 2.07. The zero-order valence-electron chi connectivity index (χ0n) is 13.2. The summed E-state index contributed by atoms with van der Waals surface area (Å²) in [6.45, 7) is 6.43. The summed E-state index contributed by atoms with van der Waals surface area (Å²) in [4.78, 5) is 6.62. The Labute approximate surface area is 132 Å². The smallest absolute Gasteiger partial charge is 0.148 e. The van der Waals surface area contributed by atoms with Crippen LogP contribution in [0, 0.1) is 13.8 Å². The van der Waals surface area contributed by atoms with Gasteiger partial charge in [-0.25, -0.2) is 0 Å². The van der Waals surface area contributed by atoms with E-state index in [1.165, 1.54) is 37.1 Å². The van der Waals surface area contributed by atoms with Crippen molar-refractivity contribution in [2.75, 3.05) is 13.1 Å². The van der Waals surface area contributed by atoms with Crippen molar-refractivity contribution in [3.05, 3.63) is 59.5 Å². The molecule has 1 saturated heterocycles. The van der Waals surface area contributed by atoms with Crippen molar-refractivity contribution in [1.82, 2.24) is 9.88 Å². The van der Waals surface area contributed by atoms with Gasteiger partial charge in [-0.15, -0.1) is 0 Å². The summed E-state index contributed by atoms with van der Waals surface area (Å²) in [7, 11) is 0. The first-order valence-electron chi connectivity index (χ1n) is 7.85. The van der Waals surface area contributed by atoms with Gasteiger partial charge in [-0.1, -0.05) is 6.07 Å². The lowest BCUT2D eigenvalue weighted by Gasteiger charge is -2.12. The van der Waals surface area contributed by atoms with Crippen LogP contribution >= 0.6 is 0 Å². The highest BCUT2D eigenvalue weighted by Crippen LogP contribution is 2.26. The molecule has 3 nitrogen and oxygen atoms in total. The topological polar surface area (TPSA) is 25.4 Å². The molecular weight excluding hydrogens is 272 g/mol. The molecule has 0 spiro atoms. The number of aromatic nitrogens is 1. The largest absolute Gasteiger partial charge is 0.455 e. The van der Waals surface area contributed by atoms with Crippen molar-refractivity contribution in [3.8, 4) is 11.5 Å². The summed E-state index contributed by atoms with van der Waals surface area (Å²) in [6.07, 6.45) is 8.79. The highest BCUT2D eigenvalue weighted by atomic mass is 16.5. The second-order valence-corrected chi connectivity index (χ2v) is 5.77. The van der Waals surface area contributed by atoms with Gasteiger partial charge in [-0.2, -0.15) is 0 Å². The van der Waals surface area contributed by atoms with Crippen LogP contribution in [0.15, 0.2) is 42.7 Å². The van der Waals surface area contributed by atoms with E-state index in [1.807, 2.05) is 25.1 Å². The van der Waals surface area contributed by atoms with E-state index in [0.29, 0.717) is 0 Å². The average Bonchev–Trinajstić information content (AvgIpc) is 3.02. The van der Waals surface area contributed by atoms with Gasteiger partial charge in [0.25, 0.3) is 0 Å². The SMILES string of the molecule is Cc1cc(Oc2cccnc2C)ccc1/C=C/N1CCCC1. The monoisotopic (exact) mass is 294 g/mol. The zero-order valence-corrected chi connectivity index (χ0v) is 13.2. The highest BCUT2D eigenvalue weighted by molar-refractivity contribution is 5.55. The van der Waals surface area contributed by atoms with Gasteiger partial charge in [-0.05, 0) is 74.4 Å². The average molecular weight is 294 g/mol. The number of hydrogen-bond acceptors (Lipinski definition) is 3. The zero-order chi connectivity index (χ0) is 15.4. The molecule has 0 saturated carbocycles. The molecule has 3 rings (SSSR count). The Morgan fingerprint density at radius 1 is 1.14 bits per heavy atom. The van der Waals surface area contributed by atoms with Crippen LogP contribution in [0.1, 0.15) is 29.7 Å². The van der Waals surface area contributed by atoms with E-state index in [1.54, 1.807) is 6.20 Å². The van der Waals surface area contributed by atoms with Gasteiger partial charge in [0.15, 0.2) is 0 Å². The number of rotatable bonds is 4. The molecule has 2 heterocycles. The van der Waals surface area contributed by atoms with Crippen molar-refractivity contribution >= 4 is 6.08 Å². The van der Waals surface area contributed by atoms with Crippen molar-refractivity contribution in [3.63, 3.8) is 0 Å². The molecule has 0 atom stereocenters. The Bertz CT molecular complexity index is 673. The molecule has 1 aromatic carbocycles. The fourth-order valence-electron chi connectivity index (χ4n) is 2.68. The van der Waals surface area contributed by atoms with Gasteiger partial charge < -0.3 is 9.64 Å². The lowest BCUT2D eigenvalue weighted by molar-refractivity contribution is 0.471. The lowest BCUT2D eigenvalue weighted by atomic mass is 10.1. The summed E-state index contributed by atoms with van der Waals surface area (Å²) in [6, 6.07) is 10.0. The molecule has 1 aliphatic heterocycles. The van der Waals surface area contributed by atoms with Gasteiger partial charge >= 0.3 is 0 Å².